The van der Waals surface area contributed by atoms with Crippen molar-refractivity contribution in [1.29, 1.82) is 0 Å². The Balaban J connectivity index is 1.77. The van der Waals surface area contributed by atoms with Crippen molar-refractivity contribution in [2.24, 2.45) is 0 Å². The van der Waals surface area contributed by atoms with Crippen LogP contribution in [0.4, 0.5) is 10.1 Å². The predicted octanol–water partition coefficient (Wildman–Crippen LogP) is 3.17. The zero-order valence-electron chi connectivity index (χ0n) is 14.5. The van der Waals surface area contributed by atoms with Crippen LogP contribution >= 0.6 is 0 Å². The number of nitrogens with zero attached hydrogens (tertiary/aromatic N) is 1. The molecule has 0 fully saturated rings. The van der Waals surface area contributed by atoms with Crippen LogP contribution in [0, 0.1) is 5.82 Å². The van der Waals surface area contributed by atoms with E-state index in [9.17, 15) is 9.18 Å². The Labute approximate surface area is 147 Å². The Morgan fingerprint density at radius 3 is 2.48 bits per heavy atom. The molecular formula is C19H23FN2O3. The summed E-state index contributed by atoms with van der Waals surface area (Å²) in [5.74, 6) is 0.311. The van der Waals surface area contributed by atoms with Crippen LogP contribution in [0.2, 0.25) is 0 Å². The van der Waals surface area contributed by atoms with Crippen LogP contribution in [0.25, 0.3) is 0 Å². The molecule has 6 heteroatoms. The molecule has 134 valence electrons. The van der Waals surface area contributed by atoms with Gasteiger partial charge in [0, 0.05) is 6.54 Å². The minimum absolute atomic E-state index is 0.152. The second-order valence-electron chi connectivity index (χ2n) is 5.49. The maximum absolute atomic E-state index is 13.5. The van der Waals surface area contributed by atoms with Gasteiger partial charge in [0.1, 0.15) is 12.4 Å². The molecule has 25 heavy (non-hydrogen) atoms. The lowest BCUT2D eigenvalue weighted by molar-refractivity contribution is -0.117. The molecule has 5 nitrogen and oxygen atoms in total. The Kier molecular flexibility index (Phi) is 7.22. The summed E-state index contributed by atoms with van der Waals surface area (Å²) in [6, 6.07) is 13.5. The maximum atomic E-state index is 13.5. The summed E-state index contributed by atoms with van der Waals surface area (Å²) in [5, 5.41) is 2.84. The summed E-state index contributed by atoms with van der Waals surface area (Å²) in [6.45, 7) is 3.40. The summed E-state index contributed by atoms with van der Waals surface area (Å²) >= 11 is 0. The van der Waals surface area contributed by atoms with Gasteiger partial charge in [-0.3, -0.25) is 9.69 Å². The van der Waals surface area contributed by atoms with Crippen LogP contribution in [-0.4, -0.2) is 44.2 Å². The van der Waals surface area contributed by atoms with E-state index in [1.165, 1.54) is 6.07 Å². The molecule has 2 aromatic carbocycles. The van der Waals surface area contributed by atoms with Gasteiger partial charge in [0.2, 0.25) is 5.91 Å². The number of ether oxygens (including phenoxy) is 2. The van der Waals surface area contributed by atoms with E-state index >= 15 is 0 Å². The maximum Gasteiger partial charge on any atom is 0.238 e. The van der Waals surface area contributed by atoms with Crippen LogP contribution in [-0.2, 0) is 4.79 Å². The van der Waals surface area contributed by atoms with Gasteiger partial charge >= 0.3 is 0 Å². The molecule has 0 aromatic heterocycles. The number of carbonyl (C=O) groups excluding carboxylic acids is 1. The molecule has 0 spiro atoms. The zero-order chi connectivity index (χ0) is 18.1. The van der Waals surface area contributed by atoms with Gasteiger partial charge in [0.15, 0.2) is 11.6 Å². The number of hydrogen-bond acceptors (Lipinski definition) is 4. The topological polar surface area (TPSA) is 50.8 Å². The largest absolute Gasteiger partial charge is 0.492 e. The van der Waals surface area contributed by atoms with E-state index in [0.29, 0.717) is 31.2 Å². The summed E-state index contributed by atoms with van der Waals surface area (Å²) in [7, 11) is 1.80. The van der Waals surface area contributed by atoms with Gasteiger partial charge in [-0.2, -0.15) is 0 Å². The van der Waals surface area contributed by atoms with Crippen LogP contribution in [0.15, 0.2) is 48.5 Å². The molecule has 1 N–H and O–H groups in total. The molecule has 0 aliphatic heterocycles. The summed E-state index contributed by atoms with van der Waals surface area (Å²) in [4.78, 5) is 14.0. The number of amides is 1. The van der Waals surface area contributed by atoms with Crippen molar-refractivity contribution in [3.63, 3.8) is 0 Å². The van der Waals surface area contributed by atoms with Crippen LogP contribution in [0.5, 0.6) is 11.5 Å². The first-order valence-electron chi connectivity index (χ1n) is 8.17. The molecule has 0 bridgehead atoms. The van der Waals surface area contributed by atoms with Gasteiger partial charge in [0.25, 0.3) is 0 Å². The smallest absolute Gasteiger partial charge is 0.238 e. The number of rotatable bonds is 9. The number of halogens is 1. The second-order valence-corrected chi connectivity index (χ2v) is 5.49. The number of hydrogen-bond donors (Lipinski definition) is 1. The number of para-hydroxylation sites is 3. The van der Waals surface area contributed by atoms with E-state index < -0.39 is 5.82 Å². The van der Waals surface area contributed by atoms with Gasteiger partial charge < -0.3 is 14.8 Å². The summed E-state index contributed by atoms with van der Waals surface area (Å²) < 4.78 is 24.3. The highest BCUT2D eigenvalue weighted by Crippen LogP contribution is 2.23. The second kappa shape index (κ2) is 9.64. The minimum atomic E-state index is -0.393. The number of likely N-dealkylation sites (N-methyl/N-ethyl adjacent to an activating group) is 1. The van der Waals surface area contributed by atoms with Crippen molar-refractivity contribution < 1.29 is 18.7 Å². The molecule has 0 aliphatic rings. The predicted molar refractivity (Wildman–Crippen MR) is 95.6 cm³/mol. The SMILES string of the molecule is CCOc1ccccc1NC(=O)CN(C)CCOc1ccccc1F. The van der Waals surface area contributed by atoms with Gasteiger partial charge in [0.05, 0.1) is 18.8 Å². The molecule has 0 radical (unpaired) electrons. The quantitative estimate of drug-likeness (QED) is 0.758. The standard InChI is InChI=1S/C19H23FN2O3/c1-3-24-18-11-7-5-9-16(18)21-19(23)14-22(2)12-13-25-17-10-6-4-8-15(17)20/h4-11H,3,12-14H2,1-2H3,(H,21,23). The third-order valence-corrected chi connectivity index (χ3v) is 3.44. The third kappa shape index (κ3) is 6.08. The van der Waals surface area contributed by atoms with Crippen molar-refractivity contribution in [3.8, 4) is 11.5 Å². The Morgan fingerprint density at radius 1 is 1.08 bits per heavy atom. The van der Waals surface area contributed by atoms with E-state index in [4.69, 9.17) is 9.47 Å². The first-order chi connectivity index (χ1) is 12.1. The van der Waals surface area contributed by atoms with E-state index in [0.717, 1.165) is 0 Å². The van der Waals surface area contributed by atoms with Gasteiger partial charge in [-0.05, 0) is 38.2 Å². The minimum Gasteiger partial charge on any atom is -0.492 e. The molecule has 0 saturated carbocycles. The molecule has 2 aromatic rings. The van der Waals surface area contributed by atoms with Gasteiger partial charge in [-0.25, -0.2) is 4.39 Å². The van der Waals surface area contributed by atoms with Crippen molar-refractivity contribution in [2.45, 2.75) is 6.92 Å². The molecule has 2 rings (SSSR count). The highest BCUT2D eigenvalue weighted by Gasteiger charge is 2.10. The average Bonchev–Trinajstić information content (AvgIpc) is 2.58. The van der Waals surface area contributed by atoms with Crippen molar-refractivity contribution >= 4 is 11.6 Å². The lowest BCUT2D eigenvalue weighted by atomic mass is 10.3. The highest BCUT2D eigenvalue weighted by molar-refractivity contribution is 5.93. The van der Waals surface area contributed by atoms with E-state index in [-0.39, 0.29) is 18.2 Å². The van der Waals surface area contributed by atoms with Crippen molar-refractivity contribution in [2.75, 3.05) is 38.7 Å². The first-order valence-corrected chi connectivity index (χ1v) is 8.17. The number of anilines is 1. The fourth-order valence-corrected chi connectivity index (χ4v) is 2.24. The lowest BCUT2D eigenvalue weighted by Gasteiger charge is -2.17. The molecule has 1 amide bonds. The van der Waals surface area contributed by atoms with Crippen LogP contribution in [0.3, 0.4) is 0 Å². The molecule has 0 unspecified atom stereocenters. The van der Waals surface area contributed by atoms with E-state index in [1.807, 2.05) is 25.1 Å². The van der Waals surface area contributed by atoms with Crippen molar-refractivity contribution in [3.05, 3.63) is 54.3 Å². The number of benzene rings is 2. The average molecular weight is 346 g/mol. The fourth-order valence-electron chi connectivity index (χ4n) is 2.24. The normalized spacial score (nSPS) is 10.6. The number of nitrogens with one attached hydrogen (secondary N) is 1. The Hall–Kier alpha value is -2.60. The molecule has 0 saturated heterocycles. The monoisotopic (exact) mass is 346 g/mol. The van der Waals surface area contributed by atoms with E-state index in [2.05, 4.69) is 5.32 Å². The third-order valence-electron chi connectivity index (χ3n) is 3.44. The molecule has 0 atom stereocenters. The van der Waals surface area contributed by atoms with E-state index in [1.54, 1.807) is 36.2 Å². The van der Waals surface area contributed by atoms with Crippen LogP contribution in [0.1, 0.15) is 6.92 Å². The molecule has 0 aliphatic carbocycles. The van der Waals surface area contributed by atoms with Crippen LogP contribution < -0.4 is 14.8 Å². The van der Waals surface area contributed by atoms with Crippen molar-refractivity contribution in [1.82, 2.24) is 4.90 Å². The molecular weight excluding hydrogens is 323 g/mol. The fraction of sp³-hybridized carbons (Fsp3) is 0.316. The summed E-state index contributed by atoms with van der Waals surface area (Å²) in [5.41, 5.74) is 0.644. The number of carbonyl (C=O) groups is 1. The summed E-state index contributed by atoms with van der Waals surface area (Å²) in [6.07, 6.45) is 0. The van der Waals surface area contributed by atoms with Gasteiger partial charge in [-0.15, -0.1) is 0 Å². The molecule has 0 heterocycles. The Morgan fingerprint density at radius 2 is 1.76 bits per heavy atom. The highest BCUT2D eigenvalue weighted by atomic mass is 19.1. The Bertz CT molecular complexity index is 694. The first kappa shape index (κ1) is 18.7. The zero-order valence-corrected chi connectivity index (χ0v) is 14.5. The lowest BCUT2D eigenvalue weighted by Crippen LogP contribution is -2.33. The van der Waals surface area contributed by atoms with Gasteiger partial charge in [-0.1, -0.05) is 24.3 Å².